The van der Waals surface area contributed by atoms with E-state index in [-0.39, 0.29) is 5.92 Å². The van der Waals surface area contributed by atoms with Crippen LogP contribution in [0.2, 0.25) is 0 Å². The average molecular weight is 201 g/mol. The molecule has 0 spiro atoms. The molecular weight excluding hydrogens is 178 g/mol. The van der Waals surface area contributed by atoms with Crippen molar-refractivity contribution in [2.24, 2.45) is 5.92 Å². The van der Waals surface area contributed by atoms with Crippen LogP contribution in [-0.4, -0.2) is 24.2 Å². The van der Waals surface area contributed by atoms with Crippen LogP contribution in [0, 0.1) is 5.92 Å². The van der Waals surface area contributed by atoms with Crippen LogP contribution in [0.5, 0.6) is 0 Å². The van der Waals surface area contributed by atoms with E-state index < -0.39 is 5.97 Å². The number of unbranched alkanes of at least 4 members (excludes halogenated alkanes) is 4. The first-order valence-corrected chi connectivity index (χ1v) is 5.62. The number of hydrogen-bond donors (Lipinski definition) is 2. The molecule has 14 heavy (non-hydrogen) atoms. The molecule has 0 bridgehead atoms. The van der Waals surface area contributed by atoms with E-state index in [1.807, 2.05) is 0 Å². The van der Waals surface area contributed by atoms with E-state index in [9.17, 15) is 4.79 Å². The fraction of sp³-hybridized carbons (Fsp3) is 0.909. The molecule has 0 aromatic heterocycles. The molecule has 0 aromatic rings. The van der Waals surface area contributed by atoms with Crippen LogP contribution in [0.3, 0.4) is 0 Å². The summed E-state index contributed by atoms with van der Waals surface area (Å²) in [5.74, 6) is -0.992. The van der Waals surface area contributed by atoms with Crippen molar-refractivity contribution in [2.45, 2.75) is 46.0 Å². The van der Waals surface area contributed by atoms with Crippen LogP contribution in [-0.2, 0) is 4.79 Å². The van der Waals surface area contributed by atoms with E-state index in [0.717, 1.165) is 13.0 Å². The Balaban J connectivity index is 3.09. The molecule has 0 fully saturated rings. The van der Waals surface area contributed by atoms with Gasteiger partial charge in [0.05, 0.1) is 5.92 Å². The Labute approximate surface area is 86.9 Å². The first-order valence-electron chi connectivity index (χ1n) is 5.62. The Hall–Kier alpha value is -0.570. The van der Waals surface area contributed by atoms with Gasteiger partial charge >= 0.3 is 5.97 Å². The number of rotatable bonds is 9. The number of carboxylic acid groups (broad SMARTS) is 1. The Kier molecular flexibility index (Phi) is 8.64. The molecule has 0 rings (SSSR count). The lowest BCUT2D eigenvalue weighted by Gasteiger charge is -2.07. The van der Waals surface area contributed by atoms with Crippen LogP contribution in [0.4, 0.5) is 0 Å². The molecule has 0 aliphatic carbocycles. The van der Waals surface area contributed by atoms with Crippen LogP contribution in [0.15, 0.2) is 0 Å². The van der Waals surface area contributed by atoms with Gasteiger partial charge in [-0.1, -0.05) is 39.5 Å². The van der Waals surface area contributed by atoms with Crippen LogP contribution >= 0.6 is 0 Å². The average Bonchev–Trinajstić information content (AvgIpc) is 2.16. The summed E-state index contributed by atoms with van der Waals surface area (Å²) in [6.45, 7) is 5.46. The summed E-state index contributed by atoms with van der Waals surface area (Å²) in [6.07, 6.45) is 6.29. The molecule has 0 aliphatic rings. The zero-order valence-corrected chi connectivity index (χ0v) is 9.38. The minimum Gasteiger partial charge on any atom is -0.481 e. The summed E-state index contributed by atoms with van der Waals surface area (Å²) >= 11 is 0. The number of carboxylic acids is 1. The summed E-state index contributed by atoms with van der Waals surface area (Å²) < 4.78 is 0. The highest BCUT2D eigenvalue weighted by molar-refractivity contribution is 5.69. The van der Waals surface area contributed by atoms with Gasteiger partial charge in [0.2, 0.25) is 0 Å². The molecule has 3 nitrogen and oxygen atoms in total. The normalized spacial score (nSPS) is 12.7. The van der Waals surface area contributed by atoms with Gasteiger partial charge in [0.15, 0.2) is 0 Å². The van der Waals surface area contributed by atoms with Crippen molar-refractivity contribution >= 4 is 5.97 Å². The molecule has 84 valence electrons. The standard InChI is InChI=1S/C11H23NO2/c1-3-4-5-6-7-8-12-9-10(2)11(13)14/h10,12H,3-9H2,1-2H3,(H,13,14). The van der Waals surface area contributed by atoms with Gasteiger partial charge in [0.1, 0.15) is 0 Å². The summed E-state index contributed by atoms with van der Waals surface area (Å²) in [6, 6.07) is 0. The Bertz CT molecular complexity index is 148. The second-order valence-corrected chi connectivity index (χ2v) is 3.86. The summed E-state index contributed by atoms with van der Waals surface area (Å²) in [7, 11) is 0. The van der Waals surface area contributed by atoms with Gasteiger partial charge in [-0.25, -0.2) is 0 Å². The van der Waals surface area contributed by atoms with Crippen LogP contribution in [0.1, 0.15) is 46.0 Å². The lowest BCUT2D eigenvalue weighted by Crippen LogP contribution is -2.26. The summed E-state index contributed by atoms with van der Waals surface area (Å²) in [5.41, 5.74) is 0. The third-order valence-electron chi connectivity index (χ3n) is 2.33. The zero-order chi connectivity index (χ0) is 10.8. The molecular formula is C11H23NO2. The second kappa shape index (κ2) is 9.00. The van der Waals surface area contributed by atoms with Crippen molar-refractivity contribution in [1.29, 1.82) is 0 Å². The van der Waals surface area contributed by atoms with Gasteiger partial charge in [-0.3, -0.25) is 4.79 Å². The van der Waals surface area contributed by atoms with E-state index in [1.165, 1.54) is 25.7 Å². The molecule has 0 aliphatic heterocycles. The topological polar surface area (TPSA) is 49.3 Å². The Morgan fingerprint density at radius 1 is 1.29 bits per heavy atom. The van der Waals surface area contributed by atoms with E-state index in [0.29, 0.717) is 6.54 Å². The molecule has 0 radical (unpaired) electrons. The van der Waals surface area contributed by atoms with Gasteiger partial charge in [0, 0.05) is 6.54 Å². The van der Waals surface area contributed by atoms with Crippen molar-refractivity contribution in [3.63, 3.8) is 0 Å². The molecule has 1 unspecified atom stereocenters. The predicted octanol–water partition coefficient (Wildman–Crippen LogP) is 2.27. The van der Waals surface area contributed by atoms with E-state index in [2.05, 4.69) is 12.2 Å². The lowest BCUT2D eigenvalue weighted by atomic mass is 10.1. The quantitative estimate of drug-likeness (QED) is 0.563. The maximum absolute atomic E-state index is 10.5. The molecule has 0 saturated carbocycles. The fourth-order valence-electron chi connectivity index (χ4n) is 1.26. The minimum absolute atomic E-state index is 0.273. The first kappa shape index (κ1) is 13.4. The summed E-state index contributed by atoms with van der Waals surface area (Å²) in [4.78, 5) is 10.5. The van der Waals surface area contributed by atoms with Crippen molar-refractivity contribution < 1.29 is 9.90 Å². The van der Waals surface area contributed by atoms with E-state index in [4.69, 9.17) is 5.11 Å². The van der Waals surface area contributed by atoms with Crippen molar-refractivity contribution in [3.05, 3.63) is 0 Å². The zero-order valence-electron chi connectivity index (χ0n) is 9.38. The monoisotopic (exact) mass is 201 g/mol. The minimum atomic E-state index is -0.719. The van der Waals surface area contributed by atoms with Gasteiger partial charge in [0.25, 0.3) is 0 Å². The van der Waals surface area contributed by atoms with Gasteiger partial charge < -0.3 is 10.4 Å². The van der Waals surface area contributed by atoms with Gasteiger partial charge in [-0.15, -0.1) is 0 Å². The SMILES string of the molecule is CCCCCCCNCC(C)C(=O)O. The summed E-state index contributed by atoms with van der Waals surface area (Å²) in [5, 5.41) is 11.8. The predicted molar refractivity (Wildman–Crippen MR) is 58.4 cm³/mol. The van der Waals surface area contributed by atoms with Gasteiger partial charge in [-0.05, 0) is 13.0 Å². The number of nitrogens with one attached hydrogen (secondary N) is 1. The molecule has 0 amide bonds. The highest BCUT2D eigenvalue weighted by Gasteiger charge is 2.08. The molecule has 0 saturated heterocycles. The number of aliphatic carboxylic acids is 1. The number of hydrogen-bond acceptors (Lipinski definition) is 2. The van der Waals surface area contributed by atoms with Crippen molar-refractivity contribution in [1.82, 2.24) is 5.32 Å². The molecule has 2 N–H and O–H groups in total. The maximum Gasteiger partial charge on any atom is 0.307 e. The maximum atomic E-state index is 10.5. The second-order valence-electron chi connectivity index (χ2n) is 3.86. The van der Waals surface area contributed by atoms with Crippen LogP contribution in [0.25, 0.3) is 0 Å². The third kappa shape index (κ3) is 8.05. The van der Waals surface area contributed by atoms with Crippen molar-refractivity contribution in [3.8, 4) is 0 Å². The highest BCUT2D eigenvalue weighted by atomic mass is 16.4. The Morgan fingerprint density at radius 2 is 1.93 bits per heavy atom. The largest absolute Gasteiger partial charge is 0.481 e. The highest BCUT2D eigenvalue weighted by Crippen LogP contribution is 2.01. The molecule has 0 aromatic carbocycles. The Morgan fingerprint density at radius 3 is 2.50 bits per heavy atom. The fourth-order valence-corrected chi connectivity index (χ4v) is 1.26. The van der Waals surface area contributed by atoms with E-state index in [1.54, 1.807) is 6.92 Å². The molecule has 1 atom stereocenters. The molecule has 3 heteroatoms. The van der Waals surface area contributed by atoms with Crippen LogP contribution < -0.4 is 5.32 Å². The van der Waals surface area contributed by atoms with Gasteiger partial charge in [-0.2, -0.15) is 0 Å². The third-order valence-corrected chi connectivity index (χ3v) is 2.33. The lowest BCUT2D eigenvalue weighted by molar-refractivity contribution is -0.140. The smallest absolute Gasteiger partial charge is 0.307 e. The van der Waals surface area contributed by atoms with E-state index >= 15 is 0 Å². The first-order chi connectivity index (χ1) is 6.68. The molecule has 0 heterocycles. The number of carbonyl (C=O) groups is 1. The van der Waals surface area contributed by atoms with Crippen molar-refractivity contribution in [2.75, 3.05) is 13.1 Å².